The van der Waals surface area contributed by atoms with Gasteiger partial charge < -0.3 is 14.7 Å². The highest BCUT2D eigenvalue weighted by atomic mass is 16.2. The first-order valence-corrected chi connectivity index (χ1v) is 10.9. The fourth-order valence-corrected chi connectivity index (χ4v) is 4.28. The van der Waals surface area contributed by atoms with Gasteiger partial charge in [0.15, 0.2) is 0 Å². The van der Waals surface area contributed by atoms with Crippen LogP contribution in [0.15, 0.2) is 18.2 Å². The molecule has 0 saturated carbocycles. The number of nitrogens with zero attached hydrogens (tertiary/aromatic N) is 3. The minimum absolute atomic E-state index is 0.0165. The lowest BCUT2D eigenvalue weighted by Gasteiger charge is -2.36. The lowest BCUT2D eigenvalue weighted by molar-refractivity contribution is -0.134. The largest absolute Gasteiger partial charge is 0.372 e. The highest BCUT2D eigenvalue weighted by Crippen LogP contribution is 2.27. The van der Waals surface area contributed by atoms with Crippen molar-refractivity contribution in [1.29, 1.82) is 0 Å². The number of benzene rings is 1. The van der Waals surface area contributed by atoms with Crippen molar-refractivity contribution >= 4 is 23.2 Å². The van der Waals surface area contributed by atoms with Crippen LogP contribution in [-0.4, -0.2) is 48.9 Å². The summed E-state index contributed by atoms with van der Waals surface area (Å²) in [5.74, 6) is 0.160. The van der Waals surface area contributed by atoms with Gasteiger partial charge in [-0.2, -0.15) is 0 Å². The van der Waals surface area contributed by atoms with Crippen molar-refractivity contribution in [2.24, 2.45) is 0 Å². The minimum Gasteiger partial charge on any atom is -0.372 e. The van der Waals surface area contributed by atoms with Crippen molar-refractivity contribution in [3.05, 3.63) is 23.8 Å². The zero-order valence-corrected chi connectivity index (χ0v) is 18.3. The fourth-order valence-electron chi connectivity index (χ4n) is 4.28. The van der Waals surface area contributed by atoms with E-state index in [1.807, 2.05) is 17.9 Å². The Bertz CT molecular complexity index is 670. The van der Waals surface area contributed by atoms with Crippen LogP contribution in [0.1, 0.15) is 65.4 Å². The quantitative estimate of drug-likeness (QED) is 0.665. The molecule has 1 aliphatic heterocycles. The number of anilines is 2. The topological polar surface area (TPSA) is 43.9 Å². The van der Waals surface area contributed by atoms with Crippen LogP contribution in [0.2, 0.25) is 0 Å². The number of likely N-dealkylation sites (tertiary alicyclic amines) is 1. The van der Waals surface area contributed by atoms with Gasteiger partial charge in [0.25, 0.3) is 0 Å². The SMILES string of the molecule is CCC1CCCCN1C(=O)CCN(C(C)=O)c1ccc(N(CC)CC)cc1C. The lowest BCUT2D eigenvalue weighted by Crippen LogP contribution is -2.44. The van der Waals surface area contributed by atoms with Crippen molar-refractivity contribution in [1.82, 2.24) is 4.90 Å². The maximum absolute atomic E-state index is 12.8. The predicted molar refractivity (Wildman–Crippen MR) is 117 cm³/mol. The zero-order valence-electron chi connectivity index (χ0n) is 18.3. The number of piperidine rings is 1. The first-order valence-electron chi connectivity index (χ1n) is 10.9. The van der Waals surface area contributed by atoms with Gasteiger partial charge in [0.1, 0.15) is 0 Å². The van der Waals surface area contributed by atoms with E-state index in [9.17, 15) is 9.59 Å². The van der Waals surface area contributed by atoms with Crippen molar-refractivity contribution < 1.29 is 9.59 Å². The molecule has 1 heterocycles. The Morgan fingerprint density at radius 3 is 2.43 bits per heavy atom. The summed E-state index contributed by atoms with van der Waals surface area (Å²) in [4.78, 5) is 31.2. The van der Waals surface area contributed by atoms with Gasteiger partial charge in [-0.15, -0.1) is 0 Å². The number of aryl methyl sites for hydroxylation is 1. The number of hydrogen-bond acceptors (Lipinski definition) is 3. The van der Waals surface area contributed by atoms with Crippen molar-refractivity contribution in [3.8, 4) is 0 Å². The summed E-state index contributed by atoms with van der Waals surface area (Å²) in [6.45, 7) is 13.3. The third kappa shape index (κ3) is 5.27. The lowest BCUT2D eigenvalue weighted by atomic mass is 9.99. The summed E-state index contributed by atoms with van der Waals surface area (Å²) in [5.41, 5.74) is 3.14. The van der Waals surface area contributed by atoms with Gasteiger partial charge in [0.05, 0.1) is 0 Å². The summed E-state index contributed by atoms with van der Waals surface area (Å²) in [6, 6.07) is 6.59. The molecule has 0 spiro atoms. The van der Waals surface area contributed by atoms with Gasteiger partial charge in [-0.1, -0.05) is 6.92 Å². The van der Waals surface area contributed by atoms with Crippen LogP contribution in [0.25, 0.3) is 0 Å². The molecule has 156 valence electrons. The Kier molecular flexibility index (Phi) is 8.34. The van der Waals surface area contributed by atoms with E-state index in [0.29, 0.717) is 19.0 Å². The Morgan fingerprint density at radius 1 is 1.14 bits per heavy atom. The molecular formula is C23H37N3O2. The Balaban J connectivity index is 2.11. The van der Waals surface area contributed by atoms with E-state index in [4.69, 9.17) is 0 Å². The Hall–Kier alpha value is -2.04. The maximum Gasteiger partial charge on any atom is 0.224 e. The van der Waals surface area contributed by atoms with Gasteiger partial charge in [-0.25, -0.2) is 0 Å². The highest BCUT2D eigenvalue weighted by molar-refractivity contribution is 5.93. The standard InChI is InChI=1S/C23H37N3O2/c1-6-20-11-9-10-15-26(20)23(28)14-16-25(19(5)27)22-13-12-21(17-18(22)4)24(7-2)8-3/h12-13,17,20H,6-11,14-16H2,1-5H3. The first kappa shape index (κ1) is 22.3. The van der Waals surface area contributed by atoms with Gasteiger partial charge in [-0.05, 0) is 70.2 Å². The molecule has 0 aromatic heterocycles. The third-order valence-corrected chi connectivity index (χ3v) is 5.95. The predicted octanol–water partition coefficient (Wildman–Crippen LogP) is 4.38. The number of hydrogen-bond donors (Lipinski definition) is 0. The van der Waals surface area contributed by atoms with E-state index in [1.54, 1.807) is 11.8 Å². The van der Waals surface area contributed by atoms with Crippen LogP contribution in [0.4, 0.5) is 11.4 Å². The summed E-state index contributed by atoms with van der Waals surface area (Å²) >= 11 is 0. The molecule has 0 radical (unpaired) electrons. The molecule has 0 bridgehead atoms. The molecule has 1 fully saturated rings. The van der Waals surface area contributed by atoms with Crippen molar-refractivity contribution in [2.75, 3.05) is 36.0 Å². The summed E-state index contributed by atoms with van der Waals surface area (Å²) in [6.07, 6.45) is 4.79. The molecule has 1 saturated heterocycles. The van der Waals surface area contributed by atoms with Crippen LogP contribution in [0.5, 0.6) is 0 Å². The molecule has 5 nitrogen and oxygen atoms in total. The summed E-state index contributed by atoms with van der Waals surface area (Å²) < 4.78 is 0. The number of rotatable bonds is 8. The first-order chi connectivity index (χ1) is 13.4. The van der Waals surface area contributed by atoms with Crippen LogP contribution >= 0.6 is 0 Å². The monoisotopic (exact) mass is 387 g/mol. The van der Waals surface area contributed by atoms with Crippen LogP contribution in [-0.2, 0) is 9.59 Å². The average Bonchev–Trinajstić information content (AvgIpc) is 2.70. The second kappa shape index (κ2) is 10.5. The van der Waals surface area contributed by atoms with E-state index < -0.39 is 0 Å². The number of carbonyl (C=O) groups is 2. The Morgan fingerprint density at radius 2 is 1.86 bits per heavy atom. The molecule has 5 heteroatoms. The van der Waals surface area contributed by atoms with Gasteiger partial charge >= 0.3 is 0 Å². The molecular weight excluding hydrogens is 350 g/mol. The summed E-state index contributed by atoms with van der Waals surface area (Å²) in [7, 11) is 0. The van der Waals surface area contributed by atoms with Crippen molar-refractivity contribution in [3.63, 3.8) is 0 Å². The van der Waals surface area contributed by atoms with Crippen molar-refractivity contribution in [2.45, 2.75) is 72.8 Å². The fraction of sp³-hybridized carbons (Fsp3) is 0.652. The molecule has 1 unspecified atom stereocenters. The molecule has 28 heavy (non-hydrogen) atoms. The minimum atomic E-state index is -0.0165. The molecule has 1 atom stereocenters. The molecule has 1 aliphatic rings. The molecule has 0 N–H and O–H groups in total. The zero-order chi connectivity index (χ0) is 20.7. The van der Waals surface area contributed by atoms with Gasteiger partial charge in [0, 0.05) is 56.9 Å². The summed E-state index contributed by atoms with van der Waals surface area (Å²) in [5, 5.41) is 0. The molecule has 1 aromatic carbocycles. The third-order valence-electron chi connectivity index (χ3n) is 5.95. The van der Waals surface area contributed by atoms with E-state index >= 15 is 0 Å². The van der Waals surface area contributed by atoms with E-state index in [0.717, 1.165) is 50.1 Å². The molecule has 2 rings (SSSR count). The Labute approximate surface area is 170 Å². The van der Waals surface area contributed by atoms with Gasteiger partial charge in [0.2, 0.25) is 11.8 Å². The second-order valence-electron chi connectivity index (χ2n) is 7.71. The average molecular weight is 388 g/mol. The molecule has 1 aromatic rings. The molecule has 2 amide bonds. The smallest absolute Gasteiger partial charge is 0.224 e. The van der Waals surface area contributed by atoms with Crippen LogP contribution < -0.4 is 9.80 Å². The van der Waals surface area contributed by atoms with Crippen LogP contribution in [0, 0.1) is 6.92 Å². The van der Waals surface area contributed by atoms with E-state index in [2.05, 4.69) is 37.8 Å². The molecule has 0 aliphatic carbocycles. The maximum atomic E-state index is 12.8. The van der Waals surface area contributed by atoms with Crippen LogP contribution in [0.3, 0.4) is 0 Å². The normalized spacial score (nSPS) is 16.8. The van der Waals surface area contributed by atoms with E-state index in [-0.39, 0.29) is 11.8 Å². The second-order valence-corrected chi connectivity index (χ2v) is 7.71. The van der Waals surface area contributed by atoms with Gasteiger partial charge in [-0.3, -0.25) is 9.59 Å². The number of amides is 2. The highest BCUT2D eigenvalue weighted by Gasteiger charge is 2.26. The van der Waals surface area contributed by atoms with E-state index in [1.165, 1.54) is 12.1 Å². The number of carbonyl (C=O) groups excluding carboxylic acids is 2.